The van der Waals surface area contributed by atoms with Gasteiger partial charge in [-0.3, -0.25) is 9.29 Å². The lowest BCUT2D eigenvalue weighted by Crippen LogP contribution is -2.24. The first-order valence-electron chi connectivity index (χ1n) is 9.79. The number of nitrogens with one attached hydrogen (secondary N) is 2. The molecule has 2 aliphatic carbocycles. The number of anilines is 2. The summed E-state index contributed by atoms with van der Waals surface area (Å²) in [5.74, 6) is 1.17. The standard InChI is InChI=1S/C21H22N4O3S/c1-29(27,28)24-16-3-2-4-17(12-16)25-19-11-14(13-5-6-13)7-10-18(19)20(23-21(25)26)22-15-8-9-15/h2-4,7,10-13,15,24H,5-6,8-9H2,1H3,(H,22,23,26). The Labute approximate surface area is 168 Å². The SMILES string of the molecule is CS(=O)(=O)Nc1cccc(-n2c(=O)nc(NC3CC3)c3ccc(C4CC4)cc32)c1. The molecule has 2 fully saturated rings. The third kappa shape index (κ3) is 3.85. The van der Waals surface area contributed by atoms with E-state index < -0.39 is 10.0 Å². The predicted octanol–water partition coefficient (Wildman–Crippen LogP) is 3.21. The lowest BCUT2D eigenvalue weighted by Gasteiger charge is -2.15. The van der Waals surface area contributed by atoms with Crippen molar-refractivity contribution in [3.05, 3.63) is 58.5 Å². The third-order valence-corrected chi connectivity index (χ3v) is 5.90. The Kier molecular flexibility index (Phi) is 4.13. The topological polar surface area (TPSA) is 93.1 Å². The Morgan fingerprint density at radius 3 is 2.55 bits per heavy atom. The molecule has 0 aliphatic heterocycles. The maximum absolute atomic E-state index is 13.0. The molecular formula is C21H22N4O3S. The number of nitrogens with zero attached hydrogens (tertiary/aromatic N) is 2. The second kappa shape index (κ2) is 6.59. The minimum atomic E-state index is -3.41. The van der Waals surface area contributed by atoms with Crippen LogP contribution in [-0.4, -0.2) is 30.3 Å². The summed E-state index contributed by atoms with van der Waals surface area (Å²) >= 11 is 0. The number of rotatable bonds is 6. The molecule has 0 saturated heterocycles. The van der Waals surface area contributed by atoms with Gasteiger partial charge in [-0.25, -0.2) is 13.2 Å². The molecule has 0 unspecified atom stereocenters. The van der Waals surface area contributed by atoms with Crippen molar-refractivity contribution in [1.82, 2.24) is 9.55 Å². The van der Waals surface area contributed by atoms with Gasteiger partial charge in [-0.1, -0.05) is 12.1 Å². The fourth-order valence-corrected chi connectivity index (χ4v) is 4.17. The average Bonchev–Trinajstić information content (AvgIpc) is 3.54. The predicted molar refractivity (Wildman–Crippen MR) is 114 cm³/mol. The van der Waals surface area contributed by atoms with Crippen molar-refractivity contribution >= 4 is 32.4 Å². The van der Waals surface area contributed by atoms with E-state index in [1.54, 1.807) is 28.8 Å². The van der Waals surface area contributed by atoms with E-state index >= 15 is 0 Å². The van der Waals surface area contributed by atoms with Gasteiger partial charge in [0.1, 0.15) is 5.82 Å². The minimum absolute atomic E-state index is 0.381. The van der Waals surface area contributed by atoms with Gasteiger partial charge in [0.2, 0.25) is 10.0 Å². The van der Waals surface area contributed by atoms with E-state index in [0.29, 0.717) is 29.2 Å². The first-order chi connectivity index (χ1) is 13.9. The Morgan fingerprint density at radius 1 is 1.07 bits per heavy atom. The molecule has 2 aromatic carbocycles. The number of aromatic nitrogens is 2. The highest BCUT2D eigenvalue weighted by atomic mass is 32.2. The van der Waals surface area contributed by atoms with Crippen LogP contribution in [0, 0.1) is 0 Å². The normalized spacial score (nSPS) is 16.7. The van der Waals surface area contributed by atoms with Crippen LogP contribution in [0.25, 0.3) is 16.6 Å². The van der Waals surface area contributed by atoms with Gasteiger partial charge >= 0.3 is 5.69 Å². The van der Waals surface area contributed by atoms with Crippen LogP contribution in [0.1, 0.15) is 37.2 Å². The second-order valence-electron chi connectivity index (χ2n) is 7.97. The molecule has 0 bridgehead atoms. The molecule has 29 heavy (non-hydrogen) atoms. The van der Waals surface area contributed by atoms with Crippen molar-refractivity contribution in [3.8, 4) is 5.69 Å². The summed E-state index contributed by atoms with van der Waals surface area (Å²) in [7, 11) is -3.41. The molecule has 3 aromatic rings. The van der Waals surface area contributed by atoms with Crippen LogP contribution >= 0.6 is 0 Å². The number of hydrogen-bond donors (Lipinski definition) is 2. The molecule has 0 radical (unpaired) electrons. The molecule has 5 rings (SSSR count). The maximum atomic E-state index is 13.0. The molecule has 2 N–H and O–H groups in total. The van der Waals surface area contributed by atoms with Crippen molar-refractivity contribution in [2.24, 2.45) is 0 Å². The average molecular weight is 410 g/mol. The zero-order valence-electron chi connectivity index (χ0n) is 16.1. The van der Waals surface area contributed by atoms with Crippen LogP contribution in [-0.2, 0) is 10.0 Å². The first-order valence-corrected chi connectivity index (χ1v) is 11.7. The molecule has 2 aliphatic rings. The molecule has 2 saturated carbocycles. The van der Waals surface area contributed by atoms with Gasteiger partial charge in [-0.15, -0.1) is 0 Å². The minimum Gasteiger partial charge on any atom is -0.367 e. The molecule has 1 heterocycles. The van der Waals surface area contributed by atoms with Gasteiger partial charge in [0.05, 0.1) is 23.1 Å². The highest BCUT2D eigenvalue weighted by molar-refractivity contribution is 7.92. The monoisotopic (exact) mass is 410 g/mol. The van der Waals surface area contributed by atoms with E-state index in [-0.39, 0.29) is 5.69 Å². The van der Waals surface area contributed by atoms with Gasteiger partial charge in [0.25, 0.3) is 0 Å². The Bertz CT molecular complexity index is 1270. The molecule has 0 amide bonds. The summed E-state index contributed by atoms with van der Waals surface area (Å²) in [6.07, 6.45) is 5.61. The Balaban J connectivity index is 1.70. The largest absolute Gasteiger partial charge is 0.367 e. The smallest absolute Gasteiger partial charge is 0.354 e. The fourth-order valence-electron chi connectivity index (χ4n) is 3.62. The third-order valence-electron chi connectivity index (χ3n) is 5.29. The van der Waals surface area contributed by atoms with Gasteiger partial charge in [0.15, 0.2) is 0 Å². The van der Waals surface area contributed by atoms with Crippen LogP contribution in [0.15, 0.2) is 47.3 Å². The molecule has 7 nitrogen and oxygen atoms in total. The molecular weight excluding hydrogens is 388 g/mol. The van der Waals surface area contributed by atoms with Crippen molar-refractivity contribution in [2.45, 2.75) is 37.6 Å². The van der Waals surface area contributed by atoms with Gasteiger partial charge in [-0.05, 0) is 67.5 Å². The Morgan fingerprint density at radius 2 is 1.86 bits per heavy atom. The summed E-state index contributed by atoms with van der Waals surface area (Å²) < 4.78 is 27.2. The van der Waals surface area contributed by atoms with Crippen LogP contribution in [0.3, 0.4) is 0 Å². The highest BCUT2D eigenvalue weighted by Gasteiger charge is 2.26. The summed E-state index contributed by atoms with van der Waals surface area (Å²) in [5, 5.41) is 4.26. The fraction of sp³-hybridized carbons (Fsp3) is 0.333. The summed E-state index contributed by atoms with van der Waals surface area (Å²) in [5.41, 5.74) is 2.61. The van der Waals surface area contributed by atoms with Crippen molar-refractivity contribution in [1.29, 1.82) is 0 Å². The maximum Gasteiger partial charge on any atom is 0.354 e. The van der Waals surface area contributed by atoms with E-state index in [0.717, 1.165) is 30.0 Å². The molecule has 0 spiro atoms. The summed E-state index contributed by atoms with van der Waals surface area (Å²) in [4.78, 5) is 17.3. The van der Waals surface area contributed by atoms with Crippen LogP contribution in [0.4, 0.5) is 11.5 Å². The van der Waals surface area contributed by atoms with E-state index in [4.69, 9.17) is 0 Å². The van der Waals surface area contributed by atoms with Gasteiger partial charge in [-0.2, -0.15) is 4.98 Å². The number of benzene rings is 2. The van der Waals surface area contributed by atoms with Crippen molar-refractivity contribution in [3.63, 3.8) is 0 Å². The van der Waals surface area contributed by atoms with Crippen LogP contribution in [0.5, 0.6) is 0 Å². The van der Waals surface area contributed by atoms with Gasteiger partial charge < -0.3 is 5.32 Å². The number of sulfonamides is 1. The van der Waals surface area contributed by atoms with E-state index in [1.807, 2.05) is 6.07 Å². The summed E-state index contributed by atoms with van der Waals surface area (Å²) in [6, 6.07) is 13.4. The summed E-state index contributed by atoms with van der Waals surface area (Å²) in [6.45, 7) is 0. The lowest BCUT2D eigenvalue weighted by molar-refractivity contribution is 0.607. The molecule has 8 heteroatoms. The zero-order valence-corrected chi connectivity index (χ0v) is 16.9. The quantitative estimate of drug-likeness (QED) is 0.651. The van der Waals surface area contributed by atoms with E-state index in [2.05, 4.69) is 27.2 Å². The van der Waals surface area contributed by atoms with Crippen molar-refractivity contribution < 1.29 is 8.42 Å². The zero-order chi connectivity index (χ0) is 20.2. The van der Waals surface area contributed by atoms with E-state index in [9.17, 15) is 13.2 Å². The number of fused-ring (bicyclic) bond motifs is 1. The number of hydrogen-bond acceptors (Lipinski definition) is 5. The van der Waals surface area contributed by atoms with Crippen LogP contribution < -0.4 is 15.7 Å². The molecule has 0 atom stereocenters. The highest BCUT2D eigenvalue weighted by Crippen LogP contribution is 2.41. The van der Waals surface area contributed by atoms with E-state index in [1.165, 1.54) is 18.4 Å². The van der Waals surface area contributed by atoms with Gasteiger partial charge in [0, 0.05) is 11.4 Å². The van der Waals surface area contributed by atoms with Crippen molar-refractivity contribution in [2.75, 3.05) is 16.3 Å². The first kappa shape index (κ1) is 18.2. The lowest BCUT2D eigenvalue weighted by atomic mass is 10.1. The molecule has 150 valence electrons. The molecule has 1 aromatic heterocycles. The van der Waals surface area contributed by atoms with Crippen LogP contribution in [0.2, 0.25) is 0 Å². The second-order valence-corrected chi connectivity index (χ2v) is 9.72. The Hall–Kier alpha value is -2.87.